The van der Waals surface area contributed by atoms with Gasteiger partial charge >= 0.3 is 12.1 Å². The molecule has 0 fully saturated rings. The van der Waals surface area contributed by atoms with E-state index in [0.717, 1.165) is 5.56 Å². The van der Waals surface area contributed by atoms with Crippen molar-refractivity contribution in [2.45, 2.75) is 19.3 Å². The zero-order valence-corrected chi connectivity index (χ0v) is 8.93. The number of rotatable bonds is 5. The van der Waals surface area contributed by atoms with Gasteiger partial charge in [0.2, 0.25) is 0 Å². The van der Waals surface area contributed by atoms with Gasteiger partial charge in [0.25, 0.3) is 0 Å². The highest BCUT2D eigenvalue weighted by molar-refractivity contribution is 5.70. The van der Waals surface area contributed by atoms with Crippen LogP contribution in [0.2, 0.25) is 0 Å². The van der Waals surface area contributed by atoms with Crippen molar-refractivity contribution < 1.29 is 23.8 Å². The number of carbonyl (C=O) groups excluding carboxylic acids is 1. The average molecular weight is 241 g/mol. The zero-order valence-electron chi connectivity index (χ0n) is 8.93. The van der Waals surface area contributed by atoms with Crippen molar-refractivity contribution in [3.63, 3.8) is 0 Å². The molecule has 0 saturated heterocycles. The summed E-state index contributed by atoms with van der Waals surface area (Å²) in [6.07, 6.45) is -3.72. The third kappa shape index (κ3) is 5.50. The largest absolute Gasteiger partial charge is 0.481 e. The number of carboxylic acid groups (broad SMARTS) is 1. The summed E-state index contributed by atoms with van der Waals surface area (Å²) in [7, 11) is 0. The van der Waals surface area contributed by atoms with Crippen LogP contribution in [0, 0.1) is 0 Å². The minimum atomic E-state index is -1.95. The Labute approximate surface area is 97.2 Å². The van der Waals surface area contributed by atoms with Crippen molar-refractivity contribution in [2.24, 2.45) is 0 Å². The summed E-state index contributed by atoms with van der Waals surface area (Å²) < 4.78 is 17.5. The molecule has 0 spiro atoms. The lowest BCUT2D eigenvalue weighted by molar-refractivity contribution is -0.138. The van der Waals surface area contributed by atoms with Crippen molar-refractivity contribution in [1.82, 2.24) is 5.32 Å². The highest BCUT2D eigenvalue weighted by Crippen LogP contribution is 2.01. The predicted molar refractivity (Wildman–Crippen MR) is 56.9 cm³/mol. The minimum absolute atomic E-state index is 0.00641. The number of ether oxygens (including phenoxy) is 1. The molecule has 92 valence electrons. The average Bonchev–Trinajstić information content (AvgIpc) is 2.26. The molecule has 1 aromatic rings. The van der Waals surface area contributed by atoms with E-state index in [-0.39, 0.29) is 6.61 Å². The van der Waals surface area contributed by atoms with Crippen LogP contribution in [0.1, 0.15) is 12.0 Å². The van der Waals surface area contributed by atoms with Crippen LogP contribution in [-0.4, -0.2) is 23.5 Å². The van der Waals surface area contributed by atoms with Gasteiger partial charge in [-0.15, -0.1) is 0 Å². The van der Waals surface area contributed by atoms with E-state index in [4.69, 9.17) is 9.84 Å². The molecule has 17 heavy (non-hydrogen) atoms. The first kappa shape index (κ1) is 13.0. The molecule has 1 amide bonds. The number of alkyl halides is 1. The summed E-state index contributed by atoms with van der Waals surface area (Å²) in [6.45, 7) is 0.00641. The van der Waals surface area contributed by atoms with Crippen LogP contribution in [0.15, 0.2) is 30.3 Å². The molecule has 0 aliphatic carbocycles. The number of aliphatic carboxylic acids is 1. The molecule has 0 saturated carbocycles. The van der Waals surface area contributed by atoms with Crippen LogP contribution in [0.3, 0.4) is 0 Å². The van der Waals surface area contributed by atoms with E-state index >= 15 is 0 Å². The van der Waals surface area contributed by atoms with E-state index in [2.05, 4.69) is 0 Å². The molecule has 2 N–H and O–H groups in total. The van der Waals surface area contributed by atoms with Crippen LogP contribution in [0.25, 0.3) is 0 Å². The van der Waals surface area contributed by atoms with Crippen LogP contribution < -0.4 is 5.32 Å². The van der Waals surface area contributed by atoms with Crippen molar-refractivity contribution in [2.75, 3.05) is 0 Å². The van der Waals surface area contributed by atoms with E-state index in [1.807, 2.05) is 6.07 Å². The number of hydrogen-bond acceptors (Lipinski definition) is 3. The Hall–Kier alpha value is -2.11. The summed E-state index contributed by atoms with van der Waals surface area (Å²) in [6, 6.07) is 8.86. The van der Waals surface area contributed by atoms with Crippen molar-refractivity contribution in [3.8, 4) is 0 Å². The van der Waals surface area contributed by atoms with Crippen molar-refractivity contribution in [1.29, 1.82) is 0 Å². The van der Waals surface area contributed by atoms with E-state index in [9.17, 15) is 14.0 Å². The quantitative estimate of drug-likeness (QED) is 0.769. The van der Waals surface area contributed by atoms with E-state index in [1.165, 1.54) is 0 Å². The van der Waals surface area contributed by atoms with Gasteiger partial charge in [-0.3, -0.25) is 10.1 Å². The summed E-state index contributed by atoms with van der Waals surface area (Å²) in [5.41, 5.74) is 0.760. The monoisotopic (exact) mass is 241 g/mol. The minimum Gasteiger partial charge on any atom is -0.481 e. The zero-order chi connectivity index (χ0) is 12.7. The van der Waals surface area contributed by atoms with Gasteiger partial charge in [-0.2, -0.15) is 0 Å². The Bertz CT molecular complexity index is 382. The first-order valence-electron chi connectivity index (χ1n) is 4.91. The molecule has 1 aromatic carbocycles. The Morgan fingerprint density at radius 2 is 2.00 bits per heavy atom. The SMILES string of the molecule is O=C(O)CC(F)NC(=O)OCc1ccccc1. The third-order valence-electron chi connectivity index (χ3n) is 1.84. The molecule has 0 aliphatic rings. The van der Waals surface area contributed by atoms with E-state index in [0.29, 0.717) is 0 Å². The number of carboxylic acids is 1. The molecule has 0 aliphatic heterocycles. The Morgan fingerprint density at radius 3 is 2.59 bits per heavy atom. The fourth-order valence-electron chi connectivity index (χ4n) is 1.10. The fourth-order valence-corrected chi connectivity index (χ4v) is 1.10. The van der Waals surface area contributed by atoms with E-state index < -0.39 is 24.8 Å². The lowest BCUT2D eigenvalue weighted by Crippen LogP contribution is -2.33. The lowest BCUT2D eigenvalue weighted by atomic mass is 10.2. The van der Waals surface area contributed by atoms with Crippen LogP contribution in [0.4, 0.5) is 9.18 Å². The molecule has 0 heterocycles. The normalized spacial score (nSPS) is 11.6. The Morgan fingerprint density at radius 1 is 1.35 bits per heavy atom. The number of nitrogens with one attached hydrogen (secondary N) is 1. The summed E-state index contributed by atoms with van der Waals surface area (Å²) in [5.74, 6) is -1.33. The van der Waals surface area contributed by atoms with Gasteiger partial charge in [0.1, 0.15) is 6.61 Å². The summed E-state index contributed by atoms with van der Waals surface area (Å²) in [4.78, 5) is 21.2. The molecule has 1 atom stereocenters. The standard InChI is InChI=1S/C11H12FNO4/c12-9(6-10(14)15)13-11(16)17-7-8-4-2-1-3-5-8/h1-5,9H,6-7H2,(H,13,16)(H,14,15). The van der Waals surface area contributed by atoms with Gasteiger partial charge in [-0.25, -0.2) is 9.18 Å². The molecular formula is C11H12FNO4. The maximum atomic E-state index is 12.8. The summed E-state index contributed by atoms with van der Waals surface area (Å²) in [5, 5.41) is 10.0. The Balaban J connectivity index is 2.28. The first-order chi connectivity index (χ1) is 8.08. The second kappa shape index (κ2) is 6.47. The van der Waals surface area contributed by atoms with Gasteiger partial charge in [0.05, 0.1) is 6.42 Å². The number of hydrogen-bond donors (Lipinski definition) is 2. The van der Waals surface area contributed by atoms with Crippen LogP contribution in [-0.2, 0) is 16.1 Å². The van der Waals surface area contributed by atoms with Gasteiger partial charge in [-0.05, 0) is 5.56 Å². The fraction of sp³-hybridized carbons (Fsp3) is 0.273. The molecule has 0 radical (unpaired) electrons. The predicted octanol–water partition coefficient (Wildman–Crippen LogP) is 1.68. The number of amides is 1. The maximum absolute atomic E-state index is 12.8. The smallest absolute Gasteiger partial charge is 0.409 e. The molecule has 5 nitrogen and oxygen atoms in total. The van der Waals surface area contributed by atoms with Crippen LogP contribution in [0.5, 0.6) is 0 Å². The number of alkyl carbamates (subject to hydrolysis) is 1. The molecular weight excluding hydrogens is 229 g/mol. The second-order valence-electron chi connectivity index (χ2n) is 3.27. The van der Waals surface area contributed by atoms with Crippen molar-refractivity contribution >= 4 is 12.1 Å². The number of carbonyl (C=O) groups is 2. The summed E-state index contributed by atoms with van der Waals surface area (Å²) >= 11 is 0. The number of halogens is 1. The van der Waals surface area contributed by atoms with Crippen molar-refractivity contribution in [3.05, 3.63) is 35.9 Å². The van der Waals surface area contributed by atoms with Gasteiger partial charge in [0, 0.05) is 0 Å². The highest BCUT2D eigenvalue weighted by atomic mass is 19.1. The number of benzene rings is 1. The second-order valence-corrected chi connectivity index (χ2v) is 3.27. The molecule has 6 heteroatoms. The highest BCUT2D eigenvalue weighted by Gasteiger charge is 2.14. The lowest BCUT2D eigenvalue weighted by Gasteiger charge is -2.09. The van der Waals surface area contributed by atoms with Gasteiger partial charge < -0.3 is 9.84 Å². The molecule has 0 aromatic heterocycles. The van der Waals surface area contributed by atoms with E-state index in [1.54, 1.807) is 29.6 Å². The molecule has 1 rings (SSSR count). The third-order valence-corrected chi connectivity index (χ3v) is 1.84. The topological polar surface area (TPSA) is 75.6 Å². The molecule has 1 unspecified atom stereocenters. The van der Waals surface area contributed by atoms with Gasteiger partial charge in [-0.1, -0.05) is 30.3 Å². The van der Waals surface area contributed by atoms with Crippen LogP contribution >= 0.6 is 0 Å². The Kier molecular flexibility index (Phi) is 4.93. The maximum Gasteiger partial charge on any atom is 0.409 e. The van der Waals surface area contributed by atoms with Gasteiger partial charge in [0.15, 0.2) is 6.30 Å². The first-order valence-corrected chi connectivity index (χ1v) is 4.91. The molecule has 0 bridgehead atoms.